The summed E-state index contributed by atoms with van der Waals surface area (Å²) in [6.45, 7) is 2.21. The van der Waals surface area contributed by atoms with E-state index >= 15 is 0 Å². The van der Waals surface area contributed by atoms with Gasteiger partial charge < -0.3 is 4.99 Å². The van der Waals surface area contributed by atoms with Gasteiger partial charge in [-0.05, 0) is 19.3 Å². The molecule has 1 rings (SSSR count). The molecule has 0 spiro atoms. The highest BCUT2D eigenvalue weighted by Gasteiger charge is 2.05. The summed E-state index contributed by atoms with van der Waals surface area (Å²) in [6, 6.07) is 0. The summed E-state index contributed by atoms with van der Waals surface area (Å²) >= 11 is 0. The van der Waals surface area contributed by atoms with Gasteiger partial charge in [0.2, 0.25) is 0 Å². The van der Waals surface area contributed by atoms with Crippen molar-refractivity contribution in [1.29, 1.82) is 0 Å². The highest BCUT2D eigenvalue weighted by atomic mass is 14.6. The van der Waals surface area contributed by atoms with Crippen LogP contribution in [0.4, 0.5) is 0 Å². The molecular formula is C11H17N. The molecule has 1 atom stereocenters. The molecule has 1 unspecified atom stereocenters. The molecular weight excluding hydrogens is 146 g/mol. The summed E-state index contributed by atoms with van der Waals surface area (Å²) in [6.07, 6.45) is 12.4. The Morgan fingerprint density at radius 1 is 1.58 bits per heavy atom. The molecule has 0 aromatic heterocycles. The molecule has 0 fully saturated rings. The largest absolute Gasteiger partial charge is 0.300 e. The second-order valence-electron chi connectivity index (χ2n) is 3.26. The smallest absolute Gasteiger partial charge is 0.0273 e. The zero-order chi connectivity index (χ0) is 8.81. The lowest BCUT2D eigenvalue weighted by Gasteiger charge is -2.08. The zero-order valence-electron chi connectivity index (χ0n) is 7.96. The third kappa shape index (κ3) is 2.65. The van der Waals surface area contributed by atoms with E-state index in [1.165, 1.54) is 24.8 Å². The van der Waals surface area contributed by atoms with E-state index in [9.17, 15) is 0 Å². The molecule has 0 aliphatic heterocycles. The molecule has 1 nitrogen and oxygen atoms in total. The first kappa shape index (κ1) is 9.24. The van der Waals surface area contributed by atoms with E-state index in [0.717, 1.165) is 0 Å². The van der Waals surface area contributed by atoms with Gasteiger partial charge in [0, 0.05) is 19.2 Å². The molecule has 0 heterocycles. The van der Waals surface area contributed by atoms with E-state index < -0.39 is 0 Å². The topological polar surface area (TPSA) is 12.4 Å². The predicted molar refractivity (Wildman–Crippen MR) is 54.7 cm³/mol. The van der Waals surface area contributed by atoms with Gasteiger partial charge in [0.1, 0.15) is 0 Å². The van der Waals surface area contributed by atoms with Crippen LogP contribution in [0.3, 0.4) is 0 Å². The van der Waals surface area contributed by atoms with Gasteiger partial charge in [-0.2, -0.15) is 0 Å². The number of aliphatic imine (C=N–C) groups is 1. The lowest BCUT2D eigenvalue weighted by atomic mass is 9.98. The summed E-state index contributed by atoms with van der Waals surface area (Å²) in [7, 11) is 1.84. The SMILES string of the molecule is CN=CC(C)C1=CC=CCCC1. The van der Waals surface area contributed by atoms with Gasteiger partial charge in [0.05, 0.1) is 0 Å². The minimum Gasteiger partial charge on any atom is -0.300 e. The Labute approximate surface area is 74.9 Å². The molecule has 1 heteroatoms. The Balaban J connectivity index is 2.60. The first-order valence-electron chi connectivity index (χ1n) is 4.62. The fourth-order valence-corrected chi connectivity index (χ4v) is 1.49. The second kappa shape index (κ2) is 4.91. The third-order valence-electron chi connectivity index (χ3n) is 2.24. The molecule has 0 aromatic carbocycles. The molecule has 12 heavy (non-hydrogen) atoms. The van der Waals surface area contributed by atoms with Crippen LogP contribution in [0, 0.1) is 5.92 Å². The summed E-state index contributed by atoms with van der Waals surface area (Å²) in [5, 5.41) is 0. The minimum atomic E-state index is 0.512. The van der Waals surface area contributed by atoms with Crippen LogP contribution in [0.15, 0.2) is 28.8 Å². The van der Waals surface area contributed by atoms with Crippen LogP contribution in [0.5, 0.6) is 0 Å². The van der Waals surface area contributed by atoms with Crippen molar-refractivity contribution in [3.05, 3.63) is 23.8 Å². The van der Waals surface area contributed by atoms with Crippen LogP contribution in [0.25, 0.3) is 0 Å². The molecule has 0 radical (unpaired) electrons. The first-order chi connectivity index (χ1) is 5.84. The van der Waals surface area contributed by atoms with Gasteiger partial charge in [-0.25, -0.2) is 0 Å². The quantitative estimate of drug-likeness (QED) is 0.555. The predicted octanol–water partition coefficient (Wildman–Crippen LogP) is 2.99. The Morgan fingerprint density at radius 3 is 3.17 bits per heavy atom. The van der Waals surface area contributed by atoms with Crippen molar-refractivity contribution in [2.45, 2.75) is 26.2 Å². The van der Waals surface area contributed by atoms with E-state index in [4.69, 9.17) is 0 Å². The zero-order valence-corrected chi connectivity index (χ0v) is 7.96. The van der Waals surface area contributed by atoms with Crippen molar-refractivity contribution in [2.24, 2.45) is 10.9 Å². The van der Waals surface area contributed by atoms with Gasteiger partial charge in [-0.1, -0.05) is 30.7 Å². The molecule has 1 aliphatic rings. The number of nitrogens with zero attached hydrogens (tertiary/aromatic N) is 1. The molecule has 0 bridgehead atoms. The number of allylic oxidation sites excluding steroid dienone is 4. The van der Waals surface area contributed by atoms with Gasteiger partial charge in [0.25, 0.3) is 0 Å². The maximum absolute atomic E-state index is 4.05. The highest BCUT2D eigenvalue weighted by molar-refractivity contribution is 5.64. The Bertz CT molecular complexity index is 211. The summed E-state index contributed by atoms with van der Waals surface area (Å²) < 4.78 is 0. The van der Waals surface area contributed by atoms with Gasteiger partial charge in [0.15, 0.2) is 0 Å². The molecule has 0 aromatic rings. The maximum Gasteiger partial charge on any atom is 0.0273 e. The summed E-state index contributed by atoms with van der Waals surface area (Å²) in [5.74, 6) is 0.512. The van der Waals surface area contributed by atoms with Crippen molar-refractivity contribution < 1.29 is 0 Å². The van der Waals surface area contributed by atoms with Crippen molar-refractivity contribution in [2.75, 3.05) is 7.05 Å². The lowest BCUT2D eigenvalue weighted by molar-refractivity contribution is 0.769. The normalized spacial score (nSPS) is 20.7. The highest BCUT2D eigenvalue weighted by Crippen LogP contribution is 2.19. The standard InChI is InChI=1S/C11H17N/c1-10(9-12-2)11-7-5-3-4-6-8-11/h3,5,7,9-10H,4,6,8H2,1-2H3. The Morgan fingerprint density at radius 2 is 2.42 bits per heavy atom. The number of hydrogen-bond donors (Lipinski definition) is 0. The fourth-order valence-electron chi connectivity index (χ4n) is 1.49. The van der Waals surface area contributed by atoms with Crippen LogP contribution >= 0.6 is 0 Å². The van der Waals surface area contributed by atoms with Crippen LogP contribution in [0.1, 0.15) is 26.2 Å². The van der Waals surface area contributed by atoms with Gasteiger partial charge >= 0.3 is 0 Å². The van der Waals surface area contributed by atoms with E-state index in [2.05, 4.69) is 30.1 Å². The summed E-state index contributed by atoms with van der Waals surface area (Å²) in [5.41, 5.74) is 1.51. The fraction of sp³-hybridized carbons (Fsp3) is 0.545. The van der Waals surface area contributed by atoms with Crippen molar-refractivity contribution in [3.63, 3.8) is 0 Å². The molecule has 0 saturated carbocycles. The minimum absolute atomic E-state index is 0.512. The van der Waals surface area contributed by atoms with Crippen LogP contribution in [0.2, 0.25) is 0 Å². The Hall–Kier alpha value is -0.850. The Kier molecular flexibility index (Phi) is 3.78. The average Bonchev–Trinajstić information content (AvgIpc) is 2.32. The van der Waals surface area contributed by atoms with Gasteiger partial charge in [-0.15, -0.1) is 0 Å². The average molecular weight is 163 g/mol. The summed E-state index contributed by atoms with van der Waals surface area (Å²) in [4.78, 5) is 4.05. The van der Waals surface area contributed by atoms with E-state index in [0.29, 0.717) is 5.92 Å². The number of rotatable bonds is 2. The maximum atomic E-state index is 4.05. The van der Waals surface area contributed by atoms with Crippen LogP contribution < -0.4 is 0 Å². The van der Waals surface area contributed by atoms with E-state index in [-0.39, 0.29) is 0 Å². The van der Waals surface area contributed by atoms with Crippen molar-refractivity contribution in [1.82, 2.24) is 0 Å². The molecule has 0 N–H and O–H groups in total. The molecule has 0 amide bonds. The molecule has 66 valence electrons. The second-order valence-corrected chi connectivity index (χ2v) is 3.26. The monoisotopic (exact) mass is 163 g/mol. The van der Waals surface area contributed by atoms with Crippen LogP contribution in [-0.2, 0) is 0 Å². The first-order valence-corrected chi connectivity index (χ1v) is 4.62. The molecule has 0 saturated heterocycles. The van der Waals surface area contributed by atoms with E-state index in [1.54, 1.807) is 0 Å². The molecule has 1 aliphatic carbocycles. The van der Waals surface area contributed by atoms with Crippen LogP contribution in [-0.4, -0.2) is 13.3 Å². The van der Waals surface area contributed by atoms with Gasteiger partial charge in [-0.3, -0.25) is 0 Å². The van der Waals surface area contributed by atoms with Crippen molar-refractivity contribution in [3.8, 4) is 0 Å². The lowest BCUT2D eigenvalue weighted by Crippen LogP contribution is -2.00. The van der Waals surface area contributed by atoms with E-state index in [1.807, 2.05) is 13.3 Å². The third-order valence-corrected chi connectivity index (χ3v) is 2.24. The van der Waals surface area contributed by atoms with Crippen molar-refractivity contribution >= 4 is 6.21 Å². The number of hydrogen-bond acceptors (Lipinski definition) is 1.